The van der Waals surface area contributed by atoms with Gasteiger partial charge in [0.2, 0.25) is 5.91 Å². The lowest BCUT2D eigenvalue weighted by molar-refractivity contribution is -0.120. The highest BCUT2D eigenvalue weighted by Crippen LogP contribution is 2.25. The third-order valence-electron chi connectivity index (χ3n) is 5.44. The predicted molar refractivity (Wildman–Crippen MR) is 121 cm³/mol. The van der Waals surface area contributed by atoms with Gasteiger partial charge in [0, 0.05) is 22.9 Å². The second-order valence-electron chi connectivity index (χ2n) is 8.41. The molecular weight excluding hydrogens is 376 g/mol. The van der Waals surface area contributed by atoms with E-state index in [2.05, 4.69) is 24.5 Å². The zero-order valence-electron chi connectivity index (χ0n) is 17.9. The Hall–Kier alpha value is -2.82. The van der Waals surface area contributed by atoms with E-state index in [9.17, 15) is 9.59 Å². The molecule has 2 amide bonds. The molecule has 1 aliphatic carbocycles. The predicted octanol–water partition coefficient (Wildman–Crippen LogP) is 5.88. The molecule has 3 rings (SSSR count). The van der Waals surface area contributed by atoms with Gasteiger partial charge in [0.05, 0.1) is 6.61 Å². The van der Waals surface area contributed by atoms with Gasteiger partial charge in [-0.2, -0.15) is 0 Å². The first kappa shape index (κ1) is 21.9. The highest BCUT2D eigenvalue weighted by molar-refractivity contribution is 6.04. The molecule has 1 fully saturated rings. The maximum atomic E-state index is 12.6. The standard InChI is InChI=1S/C25H32N2O3/c1-18(2)15-16-30-23-13-11-20(12-14-23)25(29)27-22-10-6-9-21(17-22)26-24(28)19-7-4-3-5-8-19/h6,9-14,17-19H,3-5,7-8,15-16H2,1-2H3,(H,26,28)(H,27,29). The summed E-state index contributed by atoms with van der Waals surface area (Å²) >= 11 is 0. The summed E-state index contributed by atoms with van der Waals surface area (Å²) in [6.07, 6.45) is 6.37. The average Bonchev–Trinajstić information content (AvgIpc) is 2.75. The molecule has 0 bridgehead atoms. The van der Waals surface area contributed by atoms with Crippen LogP contribution in [0.25, 0.3) is 0 Å². The van der Waals surface area contributed by atoms with Crippen molar-refractivity contribution in [2.75, 3.05) is 17.2 Å². The number of anilines is 2. The smallest absolute Gasteiger partial charge is 0.255 e. The van der Waals surface area contributed by atoms with Crippen LogP contribution in [0.15, 0.2) is 48.5 Å². The summed E-state index contributed by atoms with van der Waals surface area (Å²) in [5, 5.41) is 5.89. The number of carbonyl (C=O) groups excluding carboxylic acids is 2. The van der Waals surface area contributed by atoms with Gasteiger partial charge < -0.3 is 15.4 Å². The maximum Gasteiger partial charge on any atom is 0.255 e. The summed E-state index contributed by atoms with van der Waals surface area (Å²) in [6.45, 7) is 4.99. The SMILES string of the molecule is CC(C)CCOc1ccc(C(=O)Nc2cccc(NC(=O)C3CCCCC3)c2)cc1. The van der Waals surface area contributed by atoms with Crippen LogP contribution < -0.4 is 15.4 Å². The Morgan fingerprint density at radius 3 is 2.30 bits per heavy atom. The molecule has 0 spiro atoms. The molecule has 0 aliphatic heterocycles. The molecule has 1 saturated carbocycles. The van der Waals surface area contributed by atoms with Crippen molar-refractivity contribution in [3.8, 4) is 5.75 Å². The van der Waals surface area contributed by atoms with Crippen LogP contribution in [0.3, 0.4) is 0 Å². The Kier molecular flexibility index (Phi) is 7.89. The fourth-order valence-corrected chi connectivity index (χ4v) is 3.60. The van der Waals surface area contributed by atoms with Crippen LogP contribution in [0.4, 0.5) is 11.4 Å². The van der Waals surface area contributed by atoms with Crippen LogP contribution >= 0.6 is 0 Å². The van der Waals surface area contributed by atoms with Crippen molar-refractivity contribution in [1.82, 2.24) is 0 Å². The summed E-state index contributed by atoms with van der Waals surface area (Å²) in [5.41, 5.74) is 1.92. The van der Waals surface area contributed by atoms with Crippen LogP contribution in [0.5, 0.6) is 5.75 Å². The topological polar surface area (TPSA) is 67.4 Å². The van der Waals surface area contributed by atoms with Crippen LogP contribution in [0.1, 0.15) is 62.7 Å². The largest absolute Gasteiger partial charge is 0.494 e. The Bertz CT molecular complexity index is 840. The quantitative estimate of drug-likeness (QED) is 0.573. The van der Waals surface area contributed by atoms with Crippen LogP contribution in [-0.2, 0) is 4.79 Å². The first-order valence-electron chi connectivity index (χ1n) is 11.0. The van der Waals surface area contributed by atoms with Gasteiger partial charge in [-0.3, -0.25) is 9.59 Å². The summed E-state index contributed by atoms with van der Waals surface area (Å²) in [5.74, 6) is 1.34. The zero-order chi connectivity index (χ0) is 21.3. The summed E-state index contributed by atoms with van der Waals surface area (Å²) < 4.78 is 5.70. The minimum Gasteiger partial charge on any atom is -0.494 e. The number of nitrogens with one attached hydrogen (secondary N) is 2. The highest BCUT2D eigenvalue weighted by atomic mass is 16.5. The normalized spacial score (nSPS) is 14.4. The van der Waals surface area contributed by atoms with Gasteiger partial charge in [-0.25, -0.2) is 0 Å². The molecule has 2 N–H and O–H groups in total. The third kappa shape index (κ3) is 6.61. The monoisotopic (exact) mass is 408 g/mol. The van der Waals surface area contributed by atoms with E-state index in [-0.39, 0.29) is 17.7 Å². The number of benzene rings is 2. The van der Waals surface area contributed by atoms with Gasteiger partial charge in [-0.15, -0.1) is 0 Å². The van der Waals surface area contributed by atoms with Crippen molar-refractivity contribution < 1.29 is 14.3 Å². The fraction of sp³-hybridized carbons (Fsp3) is 0.440. The van der Waals surface area contributed by atoms with Crippen molar-refractivity contribution in [1.29, 1.82) is 0 Å². The van der Waals surface area contributed by atoms with E-state index in [1.165, 1.54) is 6.42 Å². The number of amides is 2. The molecule has 1 aliphatic rings. The van der Waals surface area contributed by atoms with Crippen molar-refractivity contribution in [3.63, 3.8) is 0 Å². The van der Waals surface area contributed by atoms with Crippen molar-refractivity contribution in [2.45, 2.75) is 52.4 Å². The molecule has 0 aromatic heterocycles. The molecule has 0 radical (unpaired) electrons. The van der Waals surface area contributed by atoms with Gasteiger partial charge >= 0.3 is 0 Å². The second-order valence-corrected chi connectivity index (χ2v) is 8.41. The fourth-order valence-electron chi connectivity index (χ4n) is 3.60. The number of hydrogen-bond acceptors (Lipinski definition) is 3. The Morgan fingerprint density at radius 1 is 0.967 bits per heavy atom. The van der Waals surface area contributed by atoms with Crippen LogP contribution in [0, 0.1) is 11.8 Å². The molecule has 2 aromatic carbocycles. The summed E-state index contributed by atoms with van der Waals surface area (Å²) in [7, 11) is 0. The Balaban J connectivity index is 1.54. The van der Waals surface area contributed by atoms with Crippen molar-refractivity contribution in [2.24, 2.45) is 11.8 Å². The molecular formula is C25H32N2O3. The number of ether oxygens (including phenoxy) is 1. The minimum atomic E-state index is -0.195. The molecule has 2 aromatic rings. The molecule has 5 heteroatoms. The molecule has 0 atom stereocenters. The lowest BCUT2D eigenvalue weighted by Gasteiger charge is -2.20. The van der Waals surface area contributed by atoms with E-state index >= 15 is 0 Å². The molecule has 30 heavy (non-hydrogen) atoms. The maximum absolute atomic E-state index is 12.6. The summed E-state index contributed by atoms with van der Waals surface area (Å²) in [6, 6.07) is 14.4. The lowest BCUT2D eigenvalue weighted by atomic mass is 9.88. The van der Waals surface area contributed by atoms with E-state index in [0.717, 1.165) is 37.9 Å². The molecule has 0 unspecified atom stereocenters. The van der Waals surface area contributed by atoms with E-state index in [0.29, 0.717) is 29.5 Å². The number of carbonyl (C=O) groups is 2. The Labute approximate surface area is 179 Å². The first-order valence-corrected chi connectivity index (χ1v) is 11.0. The summed E-state index contributed by atoms with van der Waals surface area (Å²) in [4.78, 5) is 25.0. The highest BCUT2D eigenvalue weighted by Gasteiger charge is 2.21. The zero-order valence-corrected chi connectivity index (χ0v) is 17.9. The van der Waals surface area contributed by atoms with Crippen molar-refractivity contribution >= 4 is 23.2 Å². The molecule has 0 heterocycles. The van der Waals surface area contributed by atoms with E-state index in [4.69, 9.17) is 4.74 Å². The van der Waals surface area contributed by atoms with Gasteiger partial charge in [-0.05, 0) is 67.6 Å². The van der Waals surface area contributed by atoms with E-state index in [1.54, 1.807) is 18.2 Å². The first-order chi connectivity index (χ1) is 14.5. The average molecular weight is 409 g/mol. The van der Waals surface area contributed by atoms with Gasteiger partial charge in [-0.1, -0.05) is 39.2 Å². The van der Waals surface area contributed by atoms with Gasteiger partial charge in [0.15, 0.2) is 0 Å². The number of rotatable bonds is 8. The lowest BCUT2D eigenvalue weighted by Crippen LogP contribution is -2.24. The van der Waals surface area contributed by atoms with Crippen LogP contribution in [0.2, 0.25) is 0 Å². The van der Waals surface area contributed by atoms with Crippen LogP contribution in [-0.4, -0.2) is 18.4 Å². The molecule has 0 saturated heterocycles. The Morgan fingerprint density at radius 2 is 1.63 bits per heavy atom. The van der Waals surface area contributed by atoms with Gasteiger partial charge in [0.1, 0.15) is 5.75 Å². The third-order valence-corrected chi connectivity index (χ3v) is 5.44. The van der Waals surface area contributed by atoms with Crippen molar-refractivity contribution in [3.05, 3.63) is 54.1 Å². The number of hydrogen-bond donors (Lipinski definition) is 2. The minimum absolute atomic E-state index is 0.0752. The molecule has 5 nitrogen and oxygen atoms in total. The van der Waals surface area contributed by atoms with Gasteiger partial charge in [0.25, 0.3) is 5.91 Å². The van der Waals surface area contributed by atoms with E-state index < -0.39 is 0 Å². The molecule has 160 valence electrons. The second kappa shape index (κ2) is 10.8. The van der Waals surface area contributed by atoms with E-state index in [1.807, 2.05) is 30.3 Å².